The molecule has 18 heavy (non-hydrogen) atoms. The van der Waals surface area contributed by atoms with Crippen LogP contribution in [0, 0.1) is 0 Å². The molecule has 0 aliphatic rings. The van der Waals surface area contributed by atoms with Crippen LogP contribution in [0.15, 0.2) is 34.7 Å². The molecule has 2 nitrogen and oxygen atoms in total. The molecule has 3 rings (SSSR count). The highest BCUT2D eigenvalue weighted by molar-refractivity contribution is 8.00. The highest BCUT2D eigenvalue weighted by Crippen LogP contribution is 2.34. The summed E-state index contributed by atoms with van der Waals surface area (Å²) in [6.45, 7) is 0. The zero-order valence-corrected chi connectivity index (χ0v) is 12.4. The fourth-order valence-electron chi connectivity index (χ4n) is 1.54. The predicted molar refractivity (Wildman–Crippen MR) is 82.9 cm³/mol. The lowest BCUT2D eigenvalue weighted by Gasteiger charge is -1.92. The van der Waals surface area contributed by atoms with Crippen LogP contribution >= 0.6 is 46.0 Å². The lowest BCUT2D eigenvalue weighted by Crippen LogP contribution is -1.81. The van der Waals surface area contributed by atoms with E-state index in [2.05, 4.69) is 11.1 Å². The van der Waals surface area contributed by atoms with Gasteiger partial charge in [0, 0.05) is 16.3 Å². The lowest BCUT2D eigenvalue weighted by molar-refractivity contribution is 1.30. The molecule has 92 valence electrons. The van der Waals surface area contributed by atoms with Gasteiger partial charge in [-0.3, -0.25) is 0 Å². The minimum atomic E-state index is 0.785. The minimum Gasteiger partial charge on any atom is -0.399 e. The fourth-order valence-corrected chi connectivity index (χ4v) is 4.79. The Labute approximate surface area is 122 Å². The molecule has 0 radical (unpaired) electrons. The molecular weight excluding hydrogens is 304 g/mol. The first-order chi connectivity index (χ1) is 8.70. The van der Waals surface area contributed by atoms with Crippen LogP contribution in [0.5, 0.6) is 0 Å². The number of hydrogen-bond acceptors (Lipinski definition) is 5. The van der Waals surface area contributed by atoms with E-state index in [1.165, 1.54) is 4.88 Å². The zero-order valence-electron chi connectivity index (χ0n) is 9.22. The van der Waals surface area contributed by atoms with Crippen LogP contribution in [0.1, 0.15) is 4.88 Å². The number of anilines is 1. The third kappa shape index (κ3) is 2.64. The van der Waals surface area contributed by atoms with E-state index < -0.39 is 0 Å². The van der Waals surface area contributed by atoms with E-state index in [4.69, 9.17) is 17.3 Å². The van der Waals surface area contributed by atoms with Crippen LogP contribution in [-0.2, 0) is 5.75 Å². The van der Waals surface area contributed by atoms with E-state index in [9.17, 15) is 0 Å². The van der Waals surface area contributed by atoms with Gasteiger partial charge in [-0.15, -0.1) is 22.7 Å². The average Bonchev–Trinajstić information content (AvgIpc) is 2.92. The number of nitrogens with two attached hydrogens (primary N) is 1. The predicted octanol–water partition coefficient (Wildman–Crippen LogP) is 4.89. The van der Waals surface area contributed by atoms with Crippen molar-refractivity contribution >= 4 is 61.9 Å². The molecule has 0 aliphatic heterocycles. The number of thioether (sulfide) groups is 1. The minimum absolute atomic E-state index is 0.785. The third-order valence-corrected chi connectivity index (χ3v) is 5.98. The molecule has 0 bridgehead atoms. The molecule has 2 N–H and O–H groups in total. The molecule has 1 aromatic carbocycles. The number of aromatic nitrogens is 1. The van der Waals surface area contributed by atoms with Gasteiger partial charge in [0.1, 0.15) is 0 Å². The van der Waals surface area contributed by atoms with Gasteiger partial charge in [-0.1, -0.05) is 23.4 Å². The van der Waals surface area contributed by atoms with E-state index in [1.54, 1.807) is 34.4 Å². The molecule has 0 spiro atoms. The molecular formula is C12H9ClN2S3. The Balaban J connectivity index is 1.78. The summed E-state index contributed by atoms with van der Waals surface area (Å²) in [6, 6.07) is 9.81. The smallest absolute Gasteiger partial charge is 0.151 e. The number of thiazole rings is 1. The summed E-state index contributed by atoms with van der Waals surface area (Å²) in [5.41, 5.74) is 7.56. The van der Waals surface area contributed by atoms with Gasteiger partial charge in [0.15, 0.2) is 4.34 Å². The van der Waals surface area contributed by atoms with Gasteiger partial charge in [-0.25, -0.2) is 4.98 Å². The molecule has 3 aromatic rings. The molecule has 2 heterocycles. The van der Waals surface area contributed by atoms with Gasteiger partial charge >= 0.3 is 0 Å². The largest absolute Gasteiger partial charge is 0.399 e. The van der Waals surface area contributed by atoms with Gasteiger partial charge in [0.25, 0.3) is 0 Å². The molecule has 0 saturated heterocycles. The maximum Gasteiger partial charge on any atom is 0.151 e. The van der Waals surface area contributed by atoms with Crippen molar-refractivity contribution < 1.29 is 0 Å². The van der Waals surface area contributed by atoms with Crippen molar-refractivity contribution in [2.45, 2.75) is 10.1 Å². The van der Waals surface area contributed by atoms with Crippen molar-refractivity contribution in [1.82, 2.24) is 4.98 Å². The van der Waals surface area contributed by atoms with Crippen LogP contribution in [0.3, 0.4) is 0 Å². The first kappa shape index (κ1) is 12.3. The first-order valence-corrected chi connectivity index (χ1v) is 8.23. The van der Waals surface area contributed by atoms with E-state index in [-0.39, 0.29) is 0 Å². The number of nitrogen functional groups attached to an aromatic ring is 1. The van der Waals surface area contributed by atoms with Crippen LogP contribution in [0.25, 0.3) is 10.2 Å². The Hall–Kier alpha value is -0.750. The molecule has 0 atom stereocenters. The first-order valence-electron chi connectivity index (χ1n) is 5.24. The highest BCUT2D eigenvalue weighted by atomic mass is 35.5. The molecule has 0 aliphatic carbocycles. The van der Waals surface area contributed by atoms with Gasteiger partial charge in [0.2, 0.25) is 0 Å². The Morgan fingerprint density at radius 3 is 2.89 bits per heavy atom. The van der Waals surface area contributed by atoms with Crippen LogP contribution in [-0.4, -0.2) is 4.98 Å². The molecule has 0 saturated carbocycles. The number of halogens is 1. The van der Waals surface area contributed by atoms with Gasteiger partial charge in [-0.2, -0.15) is 0 Å². The Bertz CT molecular complexity index is 690. The number of hydrogen-bond donors (Lipinski definition) is 1. The van der Waals surface area contributed by atoms with E-state index in [1.807, 2.05) is 24.3 Å². The van der Waals surface area contributed by atoms with Crippen molar-refractivity contribution in [1.29, 1.82) is 0 Å². The van der Waals surface area contributed by atoms with Crippen LogP contribution in [0.4, 0.5) is 5.69 Å². The fraction of sp³-hybridized carbons (Fsp3) is 0.0833. The van der Waals surface area contributed by atoms with Gasteiger partial charge in [-0.05, 0) is 30.3 Å². The zero-order chi connectivity index (χ0) is 12.5. The topological polar surface area (TPSA) is 38.9 Å². The average molecular weight is 313 g/mol. The van der Waals surface area contributed by atoms with Crippen molar-refractivity contribution in [2.24, 2.45) is 0 Å². The summed E-state index contributed by atoms with van der Waals surface area (Å²) in [5, 5.41) is 0. The normalized spacial score (nSPS) is 11.2. The van der Waals surface area contributed by atoms with Crippen molar-refractivity contribution in [3.05, 3.63) is 39.5 Å². The Morgan fingerprint density at radius 2 is 2.11 bits per heavy atom. The second-order valence-electron chi connectivity index (χ2n) is 3.70. The van der Waals surface area contributed by atoms with Crippen molar-refractivity contribution in [3.8, 4) is 0 Å². The highest BCUT2D eigenvalue weighted by Gasteiger charge is 2.06. The maximum absolute atomic E-state index is 5.91. The summed E-state index contributed by atoms with van der Waals surface area (Å²) in [7, 11) is 0. The molecule has 0 unspecified atom stereocenters. The van der Waals surface area contributed by atoms with Crippen LogP contribution < -0.4 is 5.73 Å². The number of thiophene rings is 1. The summed E-state index contributed by atoms with van der Waals surface area (Å²) in [5.74, 6) is 0.909. The van der Waals surface area contributed by atoms with E-state index >= 15 is 0 Å². The number of nitrogens with zero attached hydrogens (tertiary/aromatic N) is 1. The molecule has 0 fully saturated rings. The SMILES string of the molecule is Nc1ccc2nc(SCc3ccc(Cl)s3)sc2c1. The maximum atomic E-state index is 5.91. The molecule has 2 aromatic heterocycles. The second kappa shape index (κ2) is 5.09. The van der Waals surface area contributed by atoms with Gasteiger partial charge < -0.3 is 5.73 Å². The summed E-state index contributed by atoms with van der Waals surface area (Å²) >= 11 is 10.9. The monoisotopic (exact) mass is 312 g/mol. The number of fused-ring (bicyclic) bond motifs is 1. The Morgan fingerprint density at radius 1 is 1.22 bits per heavy atom. The molecule has 6 heteroatoms. The Kier molecular flexibility index (Phi) is 3.48. The number of benzene rings is 1. The summed E-state index contributed by atoms with van der Waals surface area (Å²) in [6.07, 6.45) is 0. The standard InChI is InChI=1S/C12H9ClN2S3/c13-11-4-2-8(17-11)6-16-12-15-9-3-1-7(14)5-10(9)18-12/h1-5H,6,14H2. The number of rotatable bonds is 3. The van der Waals surface area contributed by atoms with Crippen LogP contribution in [0.2, 0.25) is 4.34 Å². The lowest BCUT2D eigenvalue weighted by atomic mass is 10.3. The quantitative estimate of drug-likeness (QED) is 0.553. The molecule has 0 amide bonds. The van der Waals surface area contributed by atoms with E-state index in [0.29, 0.717) is 0 Å². The third-order valence-electron chi connectivity index (χ3n) is 2.36. The summed E-state index contributed by atoms with van der Waals surface area (Å²) in [4.78, 5) is 5.84. The van der Waals surface area contributed by atoms with Crippen molar-refractivity contribution in [3.63, 3.8) is 0 Å². The van der Waals surface area contributed by atoms with Gasteiger partial charge in [0.05, 0.1) is 14.6 Å². The summed E-state index contributed by atoms with van der Waals surface area (Å²) < 4.78 is 3.05. The van der Waals surface area contributed by atoms with E-state index in [0.717, 1.165) is 30.3 Å². The second-order valence-corrected chi connectivity index (χ2v) is 7.75. The van der Waals surface area contributed by atoms with Crippen molar-refractivity contribution in [2.75, 3.05) is 5.73 Å².